The molecule has 1 aliphatic rings. The zero-order valence-corrected chi connectivity index (χ0v) is 40.8. The van der Waals surface area contributed by atoms with Crippen molar-refractivity contribution < 1.29 is 25.8 Å². The van der Waals surface area contributed by atoms with Crippen molar-refractivity contribution in [3.05, 3.63) is 241 Å². The molecule has 1 aliphatic heterocycles. The predicted molar refractivity (Wildman–Crippen MR) is 269 cm³/mol. The van der Waals surface area contributed by atoms with Crippen molar-refractivity contribution in [2.45, 2.75) is 64.7 Å². The van der Waals surface area contributed by atoms with Crippen molar-refractivity contribution in [2.75, 3.05) is 9.80 Å². The molecule has 9 aromatic rings. The number of hydrogen-bond donors (Lipinski definition) is 0. The van der Waals surface area contributed by atoms with Gasteiger partial charge in [0.1, 0.15) is 5.82 Å². The molecule has 6 heteroatoms. The van der Waals surface area contributed by atoms with E-state index in [2.05, 4.69) is 252 Å². The Bertz CT molecular complexity index is 3200. The standard InChI is InChI=1S/C60H53N4O.Pt/c1-58(2,3)45-27-19-29-48(35-45)63-41-62(40-55(63)42-21-11-8-12-22-42)47-28-20-30-49(37-47)65-50-38-52(60(6,7)44-25-15-10-16-26-44)57-51-31-17-18-32-53(51)64(54(57)39-50)56-36-46(33-34-61-56)59(4,5)43-23-13-9-14-24-43;/h8-36,38,40-41H,1-7H3;/q-3;. The molecule has 2 aromatic heterocycles. The Balaban J connectivity index is 0.00000548. The summed E-state index contributed by atoms with van der Waals surface area (Å²) >= 11 is 0. The van der Waals surface area contributed by atoms with Gasteiger partial charge in [-0.1, -0.05) is 181 Å². The van der Waals surface area contributed by atoms with Crippen molar-refractivity contribution in [1.82, 2.24) is 9.55 Å². The molecule has 66 heavy (non-hydrogen) atoms. The van der Waals surface area contributed by atoms with E-state index in [9.17, 15) is 0 Å². The molecule has 7 aromatic carbocycles. The number of para-hydroxylation sites is 1. The molecule has 0 amide bonds. The zero-order chi connectivity index (χ0) is 44.9. The summed E-state index contributed by atoms with van der Waals surface area (Å²) in [5.74, 6) is 2.01. The van der Waals surface area contributed by atoms with Crippen LogP contribution in [0.2, 0.25) is 0 Å². The fraction of sp³-hybridized carbons (Fsp3) is 0.167. The van der Waals surface area contributed by atoms with Crippen LogP contribution >= 0.6 is 0 Å². The van der Waals surface area contributed by atoms with Crippen LogP contribution in [0.1, 0.15) is 81.8 Å². The summed E-state index contributed by atoms with van der Waals surface area (Å²) in [7, 11) is 0. The van der Waals surface area contributed by atoms with Gasteiger partial charge in [0.05, 0.1) is 0 Å². The molecule has 0 saturated heterocycles. The Labute approximate surface area is 404 Å². The van der Waals surface area contributed by atoms with Crippen LogP contribution in [0.25, 0.3) is 33.3 Å². The molecule has 0 atom stereocenters. The average molecular weight is 1040 g/mol. The maximum Gasteiger partial charge on any atom is 0.135 e. The van der Waals surface area contributed by atoms with Gasteiger partial charge in [-0.15, -0.1) is 48.3 Å². The summed E-state index contributed by atoms with van der Waals surface area (Å²) in [6.45, 7) is 18.0. The van der Waals surface area contributed by atoms with E-state index >= 15 is 0 Å². The minimum atomic E-state index is -0.408. The number of aromatic nitrogens is 2. The third kappa shape index (κ3) is 8.26. The first-order chi connectivity index (χ1) is 31.4. The maximum absolute atomic E-state index is 6.94. The van der Waals surface area contributed by atoms with Crippen molar-refractivity contribution in [3.63, 3.8) is 0 Å². The molecule has 5 nitrogen and oxygen atoms in total. The number of fused-ring (bicyclic) bond motifs is 3. The summed E-state index contributed by atoms with van der Waals surface area (Å²) in [4.78, 5) is 9.45. The second-order valence-corrected chi connectivity index (χ2v) is 19.1. The number of nitrogens with zero attached hydrogens (tertiary/aromatic N) is 4. The Morgan fingerprint density at radius 2 is 1.20 bits per heavy atom. The second kappa shape index (κ2) is 17.6. The predicted octanol–water partition coefficient (Wildman–Crippen LogP) is 15.0. The number of rotatable bonds is 10. The quantitative estimate of drug-likeness (QED) is 0.128. The topological polar surface area (TPSA) is 33.5 Å². The molecule has 3 heterocycles. The van der Waals surface area contributed by atoms with E-state index in [0.29, 0.717) is 11.5 Å². The minimum absolute atomic E-state index is 0. The first-order valence-electron chi connectivity index (χ1n) is 22.4. The normalized spacial score (nSPS) is 13.2. The summed E-state index contributed by atoms with van der Waals surface area (Å²) in [5.41, 5.74) is 11.5. The van der Waals surface area contributed by atoms with Crippen LogP contribution < -0.4 is 14.5 Å². The molecule has 0 aliphatic carbocycles. The third-order valence-electron chi connectivity index (χ3n) is 13.1. The number of pyridine rings is 1. The molecular formula is C60H53N4OPt-3. The van der Waals surface area contributed by atoms with Crippen LogP contribution in [0.4, 0.5) is 11.4 Å². The fourth-order valence-electron chi connectivity index (χ4n) is 9.20. The van der Waals surface area contributed by atoms with Crippen molar-refractivity contribution >= 4 is 38.9 Å². The molecule has 332 valence electrons. The first kappa shape index (κ1) is 44.5. The first-order valence-corrected chi connectivity index (χ1v) is 22.4. The summed E-state index contributed by atoms with van der Waals surface area (Å²) in [6.07, 6.45) is 4.10. The molecule has 0 fully saturated rings. The van der Waals surface area contributed by atoms with Crippen LogP contribution in [0, 0.1) is 18.8 Å². The number of anilines is 2. The number of hydrogen-bond acceptors (Lipinski definition) is 4. The van der Waals surface area contributed by atoms with Gasteiger partial charge in [0.25, 0.3) is 0 Å². The van der Waals surface area contributed by atoms with E-state index in [1.165, 1.54) is 22.3 Å². The SMILES string of the molecule is CC(C)(C)c1cccc(N2[CH-]N(c3[c-]c(Oc4[c-]c5c(c(C(C)(C)c6ccccc6)c4)c4ccccc4n5-c4cc(C(C)(C)c5ccccc5)ccn4)ccc3)C=C2c2ccccc2)c1.[Pt]. The summed E-state index contributed by atoms with van der Waals surface area (Å²) in [5, 5.41) is 2.26. The van der Waals surface area contributed by atoms with Crippen LogP contribution in [-0.4, -0.2) is 9.55 Å². The van der Waals surface area contributed by atoms with Gasteiger partial charge in [0.15, 0.2) is 0 Å². The summed E-state index contributed by atoms with van der Waals surface area (Å²) in [6, 6.07) is 69.4. The van der Waals surface area contributed by atoms with Crippen molar-refractivity contribution in [2.24, 2.45) is 0 Å². The molecule has 0 spiro atoms. The Kier molecular flexibility index (Phi) is 11.9. The van der Waals surface area contributed by atoms with E-state index in [1.54, 1.807) is 0 Å². The Morgan fingerprint density at radius 1 is 0.561 bits per heavy atom. The van der Waals surface area contributed by atoms with E-state index in [4.69, 9.17) is 9.72 Å². The fourth-order valence-corrected chi connectivity index (χ4v) is 9.20. The third-order valence-corrected chi connectivity index (χ3v) is 13.1. The average Bonchev–Trinajstić information content (AvgIpc) is 3.93. The molecule has 0 radical (unpaired) electrons. The molecule has 0 unspecified atom stereocenters. The van der Waals surface area contributed by atoms with Gasteiger partial charge in [-0.25, -0.2) is 4.98 Å². The number of ether oxygens (including phenoxy) is 1. The maximum atomic E-state index is 6.94. The molecular weight excluding hydrogens is 988 g/mol. The Hall–Kier alpha value is -6.68. The molecule has 0 bridgehead atoms. The second-order valence-electron chi connectivity index (χ2n) is 19.1. The Morgan fingerprint density at radius 3 is 1.91 bits per heavy atom. The van der Waals surface area contributed by atoms with Crippen molar-refractivity contribution in [1.29, 1.82) is 0 Å². The summed E-state index contributed by atoms with van der Waals surface area (Å²) < 4.78 is 9.19. The van der Waals surface area contributed by atoms with Gasteiger partial charge in [-0.05, 0) is 80.6 Å². The molecule has 10 rings (SSSR count). The van der Waals surface area contributed by atoms with Crippen molar-refractivity contribution in [3.8, 4) is 17.3 Å². The molecule has 0 N–H and O–H groups in total. The van der Waals surface area contributed by atoms with Gasteiger partial charge < -0.3 is 19.1 Å². The van der Waals surface area contributed by atoms with Gasteiger partial charge in [0, 0.05) is 61.1 Å². The smallest absolute Gasteiger partial charge is 0.135 e. The monoisotopic (exact) mass is 1040 g/mol. The zero-order valence-electron chi connectivity index (χ0n) is 38.5. The number of benzene rings is 7. The van der Waals surface area contributed by atoms with E-state index in [1.807, 2.05) is 18.3 Å². The van der Waals surface area contributed by atoms with Gasteiger partial charge in [-0.3, -0.25) is 0 Å². The van der Waals surface area contributed by atoms with Crippen LogP contribution in [0.15, 0.2) is 188 Å². The van der Waals surface area contributed by atoms with Crippen LogP contribution in [-0.2, 0) is 37.3 Å². The molecule has 0 saturated carbocycles. The van der Waals surface area contributed by atoms with E-state index in [-0.39, 0.29) is 31.9 Å². The van der Waals surface area contributed by atoms with E-state index < -0.39 is 5.41 Å². The van der Waals surface area contributed by atoms with E-state index in [0.717, 1.165) is 55.8 Å². The minimum Gasteiger partial charge on any atom is -0.509 e. The van der Waals surface area contributed by atoms with Crippen LogP contribution in [0.5, 0.6) is 11.5 Å². The van der Waals surface area contributed by atoms with Crippen LogP contribution in [0.3, 0.4) is 0 Å². The van der Waals surface area contributed by atoms with Gasteiger partial charge in [-0.2, -0.15) is 6.07 Å². The largest absolute Gasteiger partial charge is 0.509 e. The van der Waals surface area contributed by atoms with Gasteiger partial charge in [0.2, 0.25) is 0 Å². The van der Waals surface area contributed by atoms with Gasteiger partial charge >= 0.3 is 0 Å².